The van der Waals surface area contributed by atoms with Gasteiger partial charge in [-0.15, -0.1) is 11.3 Å². The maximum absolute atomic E-state index is 10.7. The number of thiazole rings is 1. The zero-order valence-corrected chi connectivity index (χ0v) is 11.7. The predicted molar refractivity (Wildman–Crippen MR) is 73.6 cm³/mol. The molecule has 2 rings (SSSR count). The van der Waals surface area contributed by atoms with E-state index in [1.165, 1.54) is 32.1 Å². The van der Waals surface area contributed by atoms with Crippen molar-refractivity contribution in [3.05, 3.63) is 16.1 Å². The van der Waals surface area contributed by atoms with Crippen LogP contribution in [0.15, 0.2) is 5.38 Å². The van der Waals surface area contributed by atoms with E-state index in [0.717, 1.165) is 23.6 Å². The molecule has 0 amide bonds. The summed E-state index contributed by atoms with van der Waals surface area (Å²) in [5, 5.41) is 13.9. The number of ether oxygens (including phenoxy) is 1. The molecule has 1 heterocycles. The first kappa shape index (κ1) is 14.4. The molecule has 0 unspecified atom stereocenters. The highest BCUT2D eigenvalue weighted by Gasteiger charge is 2.13. The van der Waals surface area contributed by atoms with Gasteiger partial charge in [-0.2, -0.15) is 0 Å². The minimum absolute atomic E-state index is 0.148. The molecule has 0 aliphatic heterocycles. The first-order valence-corrected chi connectivity index (χ1v) is 7.63. The Morgan fingerprint density at radius 3 is 2.95 bits per heavy atom. The van der Waals surface area contributed by atoms with Gasteiger partial charge in [0.2, 0.25) is 5.01 Å². The zero-order valence-electron chi connectivity index (χ0n) is 10.9. The minimum atomic E-state index is -0.961. The summed E-state index contributed by atoms with van der Waals surface area (Å²) in [5.74, 6) is -0.961. The van der Waals surface area contributed by atoms with Crippen LogP contribution in [0.1, 0.15) is 47.6 Å². The number of carbonyl (C=O) groups is 1. The molecule has 1 fully saturated rings. The number of nitrogens with one attached hydrogen (secondary N) is 1. The Bertz CT molecular complexity index is 402. The maximum Gasteiger partial charge on any atom is 0.365 e. The highest BCUT2D eigenvalue weighted by atomic mass is 32.1. The van der Waals surface area contributed by atoms with Crippen LogP contribution in [-0.2, 0) is 11.3 Å². The van der Waals surface area contributed by atoms with Gasteiger partial charge in [0.1, 0.15) is 0 Å². The Labute approximate surface area is 117 Å². The summed E-state index contributed by atoms with van der Waals surface area (Å²) >= 11 is 1.16. The van der Waals surface area contributed by atoms with Gasteiger partial charge in [0, 0.05) is 18.5 Å². The lowest BCUT2D eigenvalue weighted by molar-refractivity contribution is 0.0302. The molecule has 5 nitrogen and oxygen atoms in total. The molecule has 106 valence electrons. The second-order valence-corrected chi connectivity index (χ2v) is 5.61. The summed E-state index contributed by atoms with van der Waals surface area (Å²) in [6.07, 6.45) is 6.73. The van der Waals surface area contributed by atoms with Gasteiger partial charge in [-0.05, 0) is 12.8 Å². The molecular formula is C13H20N2O3S. The molecule has 19 heavy (non-hydrogen) atoms. The molecule has 0 atom stereocenters. The van der Waals surface area contributed by atoms with Crippen molar-refractivity contribution < 1.29 is 14.6 Å². The van der Waals surface area contributed by atoms with Crippen molar-refractivity contribution in [2.45, 2.75) is 44.8 Å². The molecule has 0 spiro atoms. The summed E-state index contributed by atoms with van der Waals surface area (Å²) in [4.78, 5) is 14.7. The highest BCUT2D eigenvalue weighted by molar-refractivity contribution is 7.11. The summed E-state index contributed by atoms with van der Waals surface area (Å²) in [7, 11) is 0. The molecule has 1 aliphatic rings. The van der Waals surface area contributed by atoms with Crippen LogP contribution in [0.4, 0.5) is 0 Å². The second-order valence-electron chi connectivity index (χ2n) is 4.76. The third-order valence-electron chi connectivity index (χ3n) is 3.23. The Hall–Kier alpha value is -0.980. The number of rotatable bonds is 7. The Balaban J connectivity index is 1.57. The summed E-state index contributed by atoms with van der Waals surface area (Å²) in [5.41, 5.74) is 0.778. The van der Waals surface area contributed by atoms with Crippen molar-refractivity contribution >= 4 is 17.3 Å². The van der Waals surface area contributed by atoms with Crippen LogP contribution in [0, 0.1) is 0 Å². The fraction of sp³-hybridized carbons (Fsp3) is 0.692. The van der Waals surface area contributed by atoms with E-state index in [9.17, 15) is 4.79 Å². The molecule has 6 heteroatoms. The van der Waals surface area contributed by atoms with Gasteiger partial charge in [0.15, 0.2) is 0 Å². The average molecular weight is 284 g/mol. The zero-order chi connectivity index (χ0) is 13.5. The SMILES string of the molecule is O=C(O)c1nc(CNCCOC2CCCCC2)cs1. The maximum atomic E-state index is 10.7. The lowest BCUT2D eigenvalue weighted by Gasteiger charge is -2.21. The molecule has 2 N–H and O–H groups in total. The van der Waals surface area contributed by atoms with E-state index in [1.807, 2.05) is 0 Å². The monoisotopic (exact) mass is 284 g/mol. The third-order valence-corrected chi connectivity index (χ3v) is 4.10. The Morgan fingerprint density at radius 1 is 1.47 bits per heavy atom. The summed E-state index contributed by atoms with van der Waals surface area (Å²) in [6.45, 7) is 2.08. The van der Waals surface area contributed by atoms with Gasteiger partial charge in [0.25, 0.3) is 0 Å². The second kappa shape index (κ2) is 7.57. The van der Waals surface area contributed by atoms with Gasteiger partial charge >= 0.3 is 5.97 Å². The van der Waals surface area contributed by atoms with Crippen molar-refractivity contribution in [1.82, 2.24) is 10.3 Å². The molecule has 0 radical (unpaired) electrons. The van der Waals surface area contributed by atoms with Crippen molar-refractivity contribution in [3.8, 4) is 0 Å². The molecular weight excluding hydrogens is 264 g/mol. The Morgan fingerprint density at radius 2 is 2.26 bits per heavy atom. The number of nitrogens with zero attached hydrogens (tertiary/aromatic N) is 1. The standard InChI is InChI=1S/C13H20N2O3S/c16-13(17)12-15-10(9-19-12)8-14-6-7-18-11-4-2-1-3-5-11/h9,11,14H,1-8H2,(H,16,17). The number of hydrogen-bond donors (Lipinski definition) is 2. The van der Waals surface area contributed by atoms with Gasteiger partial charge in [-0.3, -0.25) is 0 Å². The molecule has 0 bridgehead atoms. The third kappa shape index (κ3) is 4.89. The van der Waals surface area contributed by atoms with Crippen LogP contribution in [0.5, 0.6) is 0 Å². The molecule has 1 aliphatic carbocycles. The topological polar surface area (TPSA) is 71.5 Å². The largest absolute Gasteiger partial charge is 0.476 e. The van der Waals surface area contributed by atoms with E-state index in [2.05, 4.69) is 10.3 Å². The van der Waals surface area contributed by atoms with Crippen LogP contribution in [0.25, 0.3) is 0 Å². The molecule has 1 aromatic heterocycles. The van der Waals surface area contributed by atoms with E-state index < -0.39 is 5.97 Å². The molecule has 1 aromatic rings. The lowest BCUT2D eigenvalue weighted by atomic mass is 9.98. The van der Waals surface area contributed by atoms with Gasteiger partial charge in [0.05, 0.1) is 18.4 Å². The quantitative estimate of drug-likeness (QED) is 0.752. The number of aromatic carboxylic acids is 1. The van der Waals surface area contributed by atoms with E-state index in [0.29, 0.717) is 19.3 Å². The van der Waals surface area contributed by atoms with Crippen molar-refractivity contribution in [3.63, 3.8) is 0 Å². The minimum Gasteiger partial charge on any atom is -0.476 e. The molecule has 0 saturated heterocycles. The van der Waals surface area contributed by atoms with Crippen LogP contribution >= 0.6 is 11.3 Å². The first-order chi connectivity index (χ1) is 9.25. The Kier molecular flexibility index (Phi) is 5.75. The van der Waals surface area contributed by atoms with Crippen molar-refractivity contribution in [1.29, 1.82) is 0 Å². The van der Waals surface area contributed by atoms with Crippen LogP contribution in [0.2, 0.25) is 0 Å². The highest BCUT2D eigenvalue weighted by Crippen LogP contribution is 2.19. The number of hydrogen-bond acceptors (Lipinski definition) is 5. The van der Waals surface area contributed by atoms with Crippen molar-refractivity contribution in [2.24, 2.45) is 0 Å². The van der Waals surface area contributed by atoms with E-state index in [1.54, 1.807) is 5.38 Å². The first-order valence-electron chi connectivity index (χ1n) is 6.75. The van der Waals surface area contributed by atoms with Gasteiger partial charge in [-0.1, -0.05) is 19.3 Å². The number of carboxylic acid groups (broad SMARTS) is 1. The van der Waals surface area contributed by atoms with Gasteiger partial charge in [-0.25, -0.2) is 9.78 Å². The van der Waals surface area contributed by atoms with Crippen LogP contribution in [-0.4, -0.2) is 35.3 Å². The van der Waals surface area contributed by atoms with E-state index >= 15 is 0 Å². The van der Waals surface area contributed by atoms with Gasteiger partial charge < -0.3 is 15.2 Å². The van der Waals surface area contributed by atoms with Crippen molar-refractivity contribution in [2.75, 3.05) is 13.2 Å². The lowest BCUT2D eigenvalue weighted by Crippen LogP contribution is -2.24. The number of carboxylic acids is 1. The summed E-state index contributed by atoms with van der Waals surface area (Å²) in [6, 6.07) is 0. The van der Waals surface area contributed by atoms with E-state index in [4.69, 9.17) is 9.84 Å². The van der Waals surface area contributed by atoms with E-state index in [-0.39, 0.29) is 5.01 Å². The smallest absolute Gasteiger partial charge is 0.365 e. The van der Waals surface area contributed by atoms with Crippen LogP contribution < -0.4 is 5.32 Å². The normalized spacial score (nSPS) is 16.6. The fourth-order valence-electron chi connectivity index (χ4n) is 2.23. The average Bonchev–Trinajstić information content (AvgIpc) is 2.89. The fourth-order valence-corrected chi connectivity index (χ4v) is 2.89. The molecule has 0 aromatic carbocycles. The predicted octanol–water partition coefficient (Wildman–Crippen LogP) is 2.28. The number of aromatic nitrogens is 1. The molecule has 1 saturated carbocycles. The summed E-state index contributed by atoms with van der Waals surface area (Å²) < 4.78 is 5.79. The van der Waals surface area contributed by atoms with Crippen LogP contribution in [0.3, 0.4) is 0 Å².